The molecule has 40 heavy (non-hydrogen) atoms. The molecule has 1 saturated carbocycles. The molecule has 3 rings (SSSR count). The van der Waals surface area contributed by atoms with Crippen molar-refractivity contribution in [2.24, 2.45) is 11.8 Å². The van der Waals surface area contributed by atoms with Gasteiger partial charge in [-0.25, -0.2) is 9.18 Å². The van der Waals surface area contributed by atoms with Gasteiger partial charge in [-0.3, -0.25) is 0 Å². The number of hydrogen-bond acceptors (Lipinski definition) is 3. The van der Waals surface area contributed by atoms with Crippen molar-refractivity contribution in [2.45, 2.75) is 110 Å². The Morgan fingerprint density at radius 2 is 1.55 bits per heavy atom. The van der Waals surface area contributed by atoms with Crippen LogP contribution in [0.1, 0.15) is 120 Å². The summed E-state index contributed by atoms with van der Waals surface area (Å²) in [5.74, 6) is -1.58. The summed E-state index contributed by atoms with van der Waals surface area (Å²) in [4.78, 5) is 12.5. The molecule has 3 nitrogen and oxygen atoms in total. The summed E-state index contributed by atoms with van der Waals surface area (Å²) in [6, 6.07) is 9.71. The minimum absolute atomic E-state index is 0.182. The van der Waals surface area contributed by atoms with E-state index in [9.17, 15) is 13.6 Å². The lowest BCUT2D eigenvalue weighted by Crippen LogP contribution is -2.13. The summed E-state index contributed by atoms with van der Waals surface area (Å²) >= 11 is 0. The van der Waals surface area contributed by atoms with Crippen molar-refractivity contribution in [1.29, 1.82) is 0 Å². The van der Waals surface area contributed by atoms with E-state index in [0.29, 0.717) is 18.3 Å². The topological polar surface area (TPSA) is 35.5 Å². The van der Waals surface area contributed by atoms with Crippen LogP contribution in [0.2, 0.25) is 0 Å². The quantitative estimate of drug-likeness (QED) is 0.0844. The minimum atomic E-state index is -1.25. The van der Waals surface area contributed by atoms with Crippen LogP contribution in [-0.4, -0.2) is 12.6 Å². The Hall–Kier alpha value is -2.69. The summed E-state index contributed by atoms with van der Waals surface area (Å²) in [6.07, 6.45) is 22.5. The third kappa shape index (κ3) is 10.7. The lowest BCUT2D eigenvalue weighted by Gasteiger charge is -2.26. The van der Waals surface area contributed by atoms with Crippen LogP contribution in [-0.2, 0) is 6.42 Å². The number of hydrogen-bond donors (Lipinski definition) is 0. The van der Waals surface area contributed by atoms with Gasteiger partial charge < -0.3 is 9.47 Å². The van der Waals surface area contributed by atoms with Crippen LogP contribution < -0.4 is 9.47 Å². The van der Waals surface area contributed by atoms with Gasteiger partial charge in [0.2, 0.25) is 5.82 Å². The molecule has 2 aromatic carbocycles. The first kappa shape index (κ1) is 31.8. The fourth-order valence-corrected chi connectivity index (χ4v) is 5.47. The first-order chi connectivity index (χ1) is 19.5. The number of benzene rings is 2. The Labute approximate surface area is 240 Å². The number of rotatable bonds is 17. The van der Waals surface area contributed by atoms with Crippen molar-refractivity contribution in [1.82, 2.24) is 0 Å². The number of carbonyl (C=O) groups excluding carboxylic acids is 1. The normalized spacial score (nSPS) is 17.3. The zero-order chi connectivity index (χ0) is 28.6. The molecular formula is C35H48F2O3. The van der Waals surface area contributed by atoms with E-state index in [2.05, 4.69) is 26.0 Å². The van der Waals surface area contributed by atoms with Gasteiger partial charge in [-0.15, -0.1) is 0 Å². The summed E-state index contributed by atoms with van der Waals surface area (Å²) in [6.45, 7) is 4.72. The number of allylic oxidation sites excluding steroid dienone is 2. The molecule has 2 aromatic rings. The molecule has 0 bridgehead atoms. The van der Waals surface area contributed by atoms with Crippen LogP contribution in [0.15, 0.2) is 48.6 Å². The van der Waals surface area contributed by atoms with Gasteiger partial charge in [0.15, 0.2) is 11.6 Å². The molecule has 5 heteroatoms. The zero-order valence-electron chi connectivity index (χ0n) is 24.6. The highest BCUT2D eigenvalue weighted by Gasteiger charge is 2.21. The molecule has 0 unspecified atom stereocenters. The molecule has 0 heterocycles. The van der Waals surface area contributed by atoms with Gasteiger partial charge in [0, 0.05) is 0 Å². The van der Waals surface area contributed by atoms with Gasteiger partial charge in [0.05, 0.1) is 12.2 Å². The van der Waals surface area contributed by atoms with Crippen LogP contribution in [0.3, 0.4) is 0 Å². The number of unbranched alkanes of at least 4 members (excludes halogenated alkanes) is 6. The second kappa shape index (κ2) is 17.9. The Bertz CT molecular complexity index is 1040. The molecule has 0 amide bonds. The Morgan fingerprint density at radius 3 is 2.27 bits per heavy atom. The predicted molar refractivity (Wildman–Crippen MR) is 159 cm³/mol. The monoisotopic (exact) mass is 554 g/mol. The highest BCUT2D eigenvalue weighted by Crippen LogP contribution is 2.33. The number of halogens is 2. The van der Waals surface area contributed by atoms with E-state index in [4.69, 9.17) is 9.47 Å². The maximum atomic E-state index is 14.6. The van der Waals surface area contributed by atoms with Gasteiger partial charge in [0.25, 0.3) is 0 Å². The summed E-state index contributed by atoms with van der Waals surface area (Å²) in [7, 11) is 0. The molecule has 0 radical (unpaired) electrons. The van der Waals surface area contributed by atoms with Crippen LogP contribution in [0.5, 0.6) is 11.5 Å². The maximum absolute atomic E-state index is 14.6. The SMILES string of the molecule is CCCCCCCOc1ccc(C(=O)Oc2ccc(CCC=CC3CCC(CCCCC)CC3)cc2)c(F)c1F. The van der Waals surface area contributed by atoms with Crippen molar-refractivity contribution in [3.63, 3.8) is 0 Å². The van der Waals surface area contributed by atoms with Gasteiger partial charge in [-0.2, -0.15) is 4.39 Å². The molecular weight excluding hydrogens is 506 g/mol. The fraction of sp³-hybridized carbons (Fsp3) is 0.571. The van der Waals surface area contributed by atoms with E-state index in [-0.39, 0.29) is 5.75 Å². The van der Waals surface area contributed by atoms with Crippen molar-refractivity contribution >= 4 is 5.97 Å². The fourth-order valence-electron chi connectivity index (χ4n) is 5.47. The van der Waals surface area contributed by atoms with Crippen LogP contribution in [0, 0.1) is 23.5 Å². The Kier molecular flexibility index (Phi) is 14.2. The number of esters is 1. The van der Waals surface area contributed by atoms with E-state index < -0.39 is 23.2 Å². The van der Waals surface area contributed by atoms with Crippen molar-refractivity contribution in [3.8, 4) is 11.5 Å². The van der Waals surface area contributed by atoms with Crippen LogP contribution in [0.4, 0.5) is 8.78 Å². The molecule has 0 atom stereocenters. The van der Waals surface area contributed by atoms with Gasteiger partial charge in [-0.1, -0.05) is 89.5 Å². The highest BCUT2D eigenvalue weighted by molar-refractivity contribution is 5.91. The molecule has 1 aliphatic rings. The number of aryl methyl sites for hydroxylation is 1. The lowest BCUT2D eigenvalue weighted by atomic mass is 9.79. The molecule has 220 valence electrons. The zero-order valence-corrected chi connectivity index (χ0v) is 24.6. The predicted octanol–water partition coefficient (Wildman–Crippen LogP) is 10.4. The number of carbonyl (C=O) groups is 1. The minimum Gasteiger partial charge on any atom is -0.490 e. The van der Waals surface area contributed by atoms with Gasteiger partial charge >= 0.3 is 5.97 Å². The van der Waals surface area contributed by atoms with E-state index >= 15 is 0 Å². The van der Waals surface area contributed by atoms with Crippen molar-refractivity contribution in [3.05, 3.63) is 71.3 Å². The third-order valence-corrected chi connectivity index (χ3v) is 8.02. The largest absolute Gasteiger partial charge is 0.490 e. The molecule has 0 saturated heterocycles. The smallest absolute Gasteiger partial charge is 0.346 e. The Balaban J connectivity index is 1.39. The van der Waals surface area contributed by atoms with Crippen LogP contribution >= 0.6 is 0 Å². The van der Waals surface area contributed by atoms with E-state index in [1.54, 1.807) is 12.1 Å². The Morgan fingerprint density at radius 1 is 0.850 bits per heavy atom. The second-order valence-electron chi connectivity index (χ2n) is 11.3. The molecule has 0 N–H and O–H groups in total. The molecule has 0 aliphatic heterocycles. The molecule has 0 aromatic heterocycles. The lowest BCUT2D eigenvalue weighted by molar-refractivity contribution is 0.0728. The molecule has 0 spiro atoms. The average Bonchev–Trinajstić information content (AvgIpc) is 2.97. The molecule has 1 aliphatic carbocycles. The highest BCUT2D eigenvalue weighted by atomic mass is 19.2. The summed E-state index contributed by atoms with van der Waals surface area (Å²) in [5, 5.41) is 0. The van der Waals surface area contributed by atoms with E-state index in [1.807, 2.05) is 12.1 Å². The average molecular weight is 555 g/mol. The van der Waals surface area contributed by atoms with E-state index in [0.717, 1.165) is 56.4 Å². The first-order valence-corrected chi connectivity index (χ1v) is 15.6. The summed E-state index contributed by atoms with van der Waals surface area (Å²) < 4.78 is 39.8. The van der Waals surface area contributed by atoms with Crippen LogP contribution in [0.25, 0.3) is 0 Å². The molecule has 1 fully saturated rings. The summed E-state index contributed by atoms with van der Waals surface area (Å²) in [5.41, 5.74) is 0.689. The van der Waals surface area contributed by atoms with Gasteiger partial charge in [-0.05, 0) is 86.6 Å². The van der Waals surface area contributed by atoms with E-state index in [1.165, 1.54) is 63.5 Å². The number of ether oxygens (including phenoxy) is 2. The maximum Gasteiger partial charge on any atom is 0.346 e. The third-order valence-electron chi connectivity index (χ3n) is 8.02. The first-order valence-electron chi connectivity index (χ1n) is 15.6. The van der Waals surface area contributed by atoms with Crippen molar-refractivity contribution < 1.29 is 23.0 Å². The van der Waals surface area contributed by atoms with Gasteiger partial charge in [0.1, 0.15) is 5.75 Å². The van der Waals surface area contributed by atoms with Crippen molar-refractivity contribution in [2.75, 3.05) is 6.61 Å². The second-order valence-corrected chi connectivity index (χ2v) is 11.3. The standard InChI is InChI=1S/C35H48F2O3/c1-3-5-7-8-12-26-39-32-25-24-31(33(36)34(32)37)35(38)40-30-22-20-29(21-23-30)15-11-10-14-28-18-16-27(17-19-28)13-9-6-4-2/h10,14,20-25,27-28H,3-9,11-13,15-19,26H2,1-2H3.